The van der Waals surface area contributed by atoms with Crippen LogP contribution in [0.1, 0.15) is 44.7 Å². The number of hydrogen-bond donors (Lipinski definition) is 3. The minimum absolute atomic E-state index is 0.132. The largest absolute Gasteiger partial charge is 0.321 e. The van der Waals surface area contributed by atoms with Crippen molar-refractivity contribution in [3.8, 4) is 0 Å². The van der Waals surface area contributed by atoms with E-state index >= 15 is 0 Å². The molecule has 0 radical (unpaired) electrons. The highest BCUT2D eigenvalue weighted by Crippen LogP contribution is 2.28. The van der Waals surface area contributed by atoms with Gasteiger partial charge in [-0.05, 0) is 30.4 Å². The van der Waals surface area contributed by atoms with E-state index in [1.54, 1.807) is 0 Å². The van der Waals surface area contributed by atoms with E-state index in [0.29, 0.717) is 0 Å². The normalized spacial score (nSPS) is 10.6. The number of rotatable bonds is 4. The summed E-state index contributed by atoms with van der Waals surface area (Å²) in [6.45, 7) is 6.51. The first-order valence-electron chi connectivity index (χ1n) is 5.88. The Balaban J connectivity index is 0.00000106. The molecule has 1 rings (SSSR count). The van der Waals surface area contributed by atoms with Gasteiger partial charge < -0.3 is 5.73 Å². The second-order valence-electron chi connectivity index (χ2n) is 3.87. The molecule has 0 unspecified atom stereocenters. The smallest absolute Gasteiger partial charge is 0.0407 e. The Kier molecular flexibility index (Phi) is 6.97. The number of hydrazine groups is 1. The molecule has 0 fully saturated rings. The molecule has 0 aromatic heterocycles. The fraction of sp³-hybridized carbons (Fsp3) is 0.538. The Morgan fingerprint density at radius 2 is 1.50 bits per heavy atom. The van der Waals surface area contributed by atoms with Crippen molar-refractivity contribution in [2.45, 2.75) is 45.6 Å². The van der Waals surface area contributed by atoms with Crippen LogP contribution < -0.4 is 17.4 Å². The Morgan fingerprint density at radius 3 is 1.94 bits per heavy atom. The van der Waals surface area contributed by atoms with Crippen LogP contribution in [0, 0.1) is 0 Å². The van der Waals surface area contributed by atoms with Gasteiger partial charge in [0.1, 0.15) is 0 Å². The molecule has 3 heteroatoms. The van der Waals surface area contributed by atoms with E-state index < -0.39 is 0 Å². The van der Waals surface area contributed by atoms with Gasteiger partial charge in [-0.25, -0.2) is 0 Å². The van der Waals surface area contributed by atoms with Gasteiger partial charge in [0.2, 0.25) is 0 Å². The van der Waals surface area contributed by atoms with Crippen LogP contribution in [0.4, 0.5) is 0 Å². The lowest BCUT2D eigenvalue weighted by atomic mass is 9.82. The highest BCUT2D eigenvalue weighted by atomic mass is 15.0. The van der Waals surface area contributed by atoms with Gasteiger partial charge in [0, 0.05) is 5.54 Å². The van der Waals surface area contributed by atoms with E-state index in [4.69, 9.17) is 5.73 Å². The minimum atomic E-state index is -0.132. The van der Waals surface area contributed by atoms with Crippen molar-refractivity contribution in [1.29, 1.82) is 0 Å². The molecule has 92 valence electrons. The first kappa shape index (κ1) is 15.1. The fourth-order valence-corrected chi connectivity index (χ4v) is 1.95. The summed E-state index contributed by atoms with van der Waals surface area (Å²) in [4.78, 5) is 0. The molecule has 0 aliphatic heterocycles. The second kappa shape index (κ2) is 7.39. The zero-order chi connectivity index (χ0) is 12.6. The van der Waals surface area contributed by atoms with Gasteiger partial charge >= 0.3 is 0 Å². The number of hydrogen-bond acceptors (Lipinski definition) is 3. The van der Waals surface area contributed by atoms with E-state index in [1.165, 1.54) is 11.1 Å². The molecule has 0 aliphatic carbocycles. The van der Waals surface area contributed by atoms with E-state index in [0.717, 1.165) is 19.3 Å². The highest BCUT2D eigenvalue weighted by molar-refractivity contribution is 5.33. The summed E-state index contributed by atoms with van der Waals surface area (Å²) < 4.78 is 0. The van der Waals surface area contributed by atoms with Gasteiger partial charge in [0.15, 0.2) is 0 Å². The molecule has 0 heterocycles. The van der Waals surface area contributed by atoms with Gasteiger partial charge in [-0.1, -0.05) is 45.0 Å². The maximum absolute atomic E-state index is 6.39. The predicted octanol–water partition coefficient (Wildman–Crippen LogP) is 2.04. The van der Waals surface area contributed by atoms with Crippen LogP contribution in [0.15, 0.2) is 24.3 Å². The first-order chi connectivity index (χ1) is 7.68. The fourth-order valence-electron chi connectivity index (χ4n) is 1.95. The van der Waals surface area contributed by atoms with Crippen LogP contribution in [0.25, 0.3) is 0 Å². The van der Waals surface area contributed by atoms with Gasteiger partial charge in [0.05, 0.1) is 0 Å². The Bertz CT molecular complexity index is 293. The van der Waals surface area contributed by atoms with Crippen LogP contribution in [-0.2, 0) is 12.0 Å². The van der Waals surface area contributed by atoms with Crippen molar-refractivity contribution >= 4 is 0 Å². The standard InChI is InChI=1S/C13H21N.H4N2/c1-4-11-9-7-8-10-12(11)13(14,5-2)6-3;1-2/h7-10H,4-6,14H2,1-3H3;1-2H2. The SMILES string of the molecule is CCc1ccccc1C(N)(CC)CC.NN. The number of aryl methyl sites for hydroxylation is 1. The molecule has 0 atom stereocenters. The third kappa shape index (κ3) is 3.30. The molecule has 0 saturated carbocycles. The third-order valence-corrected chi connectivity index (χ3v) is 3.20. The van der Waals surface area contributed by atoms with E-state index in [-0.39, 0.29) is 5.54 Å². The van der Waals surface area contributed by atoms with Gasteiger partial charge in [-0.3, -0.25) is 11.7 Å². The quantitative estimate of drug-likeness (QED) is 0.540. The van der Waals surface area contributed by atoms with Crippen molar-refractivity contribution in [1.82, 2.24) is 0 Å². The molecule has 0 amide bonds. The van der Waals surface area contributed by atoms with Gasteiger partial charge in [-0.15, -0.1) is 0 Å². The molecular weight excluding hydrogens is 198 g/mol. The minimum Gasteiger partial charge on any atom is -0.321 e. The molecule has 16 heavy (non-hydrogen) atoms. The zero-order valence-electron chi connectivity index (χ0n) is 10.7. The number of benzene rings is 1. The summed E-state index contributed by atoms with van der Waals surface area (Å²) in [5.41, 5.74) is 8.98. The zero-order valence-corrected chi connectivity index (χ0v) is 10.7. The first-order valence-corrected chi connectivity index (χ1v) is 5.88. The molecule has 3 nitrogen and oxygen atoms in total. The monoisotopic (exact) mass is 223 g/mol. The lowest BCUT2D eigenvalue weighted by Gasteiger charge is -2.29. The molecule has 0 aliphatic rings. The third-order valence-electron chi connectivity index (χ3n) is 3.20. The molecule has 0 spiro atoms. The van der Waals surface area contributed by atoms with Crippen molar-refractivity contribution in [3.63, 3.8) is 0 Å². The molecule has 0 bridgehead atoms. The molecule has 1 aromatic carbocycles. The summed E-state index contributed by atoms with van der Waals surface area (Å²) >= 11 is 0. The summed E-state index contributed by atoms with van der Waals surface area (Å²) in [5, 5.41) is 0. The van der Waals surface area contributed by atoms with Crippen molar-refractivity contribution in [2.24, 2.45) is 17.4 Å². The van der Waals surface area contributed by atoms with Crippen molar-refractivity contribution in [2.75, 3.05) is 0 Å². The molecular formula is C13H25N3. The summed E-state index contributed by atoms with van der Waals surface area (Å²) in [6.07, 6.45) is 3.07. The summed E-state index contributed by atoms with van der Waals surface area (Å²) in [5.74, 6) is 8.00. The van der Waals surface area contributed by atoms with Gasteiger partial charge in [0.25, 0.3) is 0 Å². The van der Waals surface area contributed by atoms with E-state index in [1.807, 2.05) is 0 Å². The predicted molar refractivity (Wildman–Crippen MR) is 70.6 cm³/mol. The maximum Gasteiger partial charge on any atom is 0.0407 e. The van der Waals surface area contributed by atoms with Crippen LogP contribution in [0.2, 0.25) is 0 Å². The Hall–Kier alpha value is -0.900. The topological polar surface area (TPSA) is 78.1 Å². The average Bonchev–Trinajstić information content (AvgIpc) is 2.40. The average molecular weight is 223 g/mol. The van der Waals surface area contributed by atoms with E-state index in [9.17, 15) is 0 Å². The Labute approximate surface area is 99.0 Å². The summed E-state index contributed by atoms with van der Waals surface area (Å²) in [7, 11) is 0. The second-order valence-corrected chi connectivity index (χ2v) is 3.87. The Morgan fingerprint density at radius 1 is 1.00 bits per heavy atom. The lowest BCUT2D eigenvalue weighted by molar-refractivity contribution is 0.409. The molecule has 6 N–H and O–H groups in total. The van der Waals surface area contributed by atoms with Crippen LogP contribution in [-0.4, -0.2) is 0 Å². The van der Waals surface area contributed by atoms with Crippen molar-refractivity contribution in [3.05, 3.63) is 35.4 Å². The van der Waals surface area contributed by atoms with Gasteiger partial charge in [-0.2, -0.15) is 0 Å². The maximum atomic E-state index is 6.39. The van der Waals surface area contributed by atoms with Crippen LogP contribution >= 0.6 is 0 Å². The van der Waals surface area contributed by atoms with Crippen LogP contribution in [0.3, 0.4) is 0 Å². The van der Waals surface area contributed by atoms with Crippen LogP contribution in [0.5, 0.6) is 0 Å². The number of nitrogens with two attached hydrogens (primary N) is 3. The highest BCUT2D eigenvalue weighted by Gasteiger charge is 2.24. The molecule has 0 saturated heterocycles. The van der Waals surface area contributed by atoms with E-state index in [2.05, 4.69) is 56.7 Å². The molecule has 1 aromatic rings. The van der Waals surface area contributed by atoms with Crippen molar-refractivity contribution < 1.29 is 0 Å². The lowest BCUT2D eigenvalue weighted by Crippen LogP contribution is -2.36. The summed E-state index contributed by atoms with van der Waals surface area (Å²) in [6, 6.07) is 8.53.